The minimum atomic E-state index is -0.207. The zero-order chi connectivity index (χ0) is 19.1. The number of nitrogens with one attached hydrogen (secondary N) is 3. The normalized spacial score (nSPS) is 16.4. The van der Waals surface area contributed by atoms with Gasteiger partial charge < -0.3 is 20.7 Å². The molecule has 7 heteroatoms. The summed E-state index contributed by atoms with van der Waals surface area (Å²) in [5, 5.41) is 9.06. The van der Waals surface area contributed by atoms with Gasteiger partial charge >= 0.3 is 0 Å². The fraction of sp³-hybridized carbons (Fsp3) is 0.300. The zero-order valence-electron chi connectivity index (χ0n) is 15.2. The van der Waals surface area contributed by atoms with Crippen LogP contribution in [0.1, 0.15) is 16.8 Å². The molecule has 1 aliphatic heterocycles. The van der Waals surface area contributed by atoms with E-state index in [2.05, 4.69) is 16.0 Å². The van der Waals surface area contributed by atoms with Crippen LogP contribution < -0.4 is 20.7 Å². The van der Waals surface area contributed by atoms with Crippen LogP contribution in [0, 0.1) is 0 Å². The Morgan fingerprint density at radius 3 is 2.37 bits per heavy atom. The Balaban J connectivity index is 1.52. The van der Waals surface area contributed by atoms with Crippen LogP contribution in [0.15, 0.2) is 48.5 Å². The smallest absolute Gasteiger partial charge is 0.255 e. The van der Waals surface area contributed by atoms with E-state index in [-0.39, 0.29) is 17.9 Å². The predicted octanol–water partition coefficient (Wildman–Crippen LogP) is 2.98. The summed E-state index contributed by atoms with van der Waals surface area (Å²) in [5.41, 5.74) is 1.90. The van der Waals surface area contributed by atoms with Crippen molar-refractivity contribution >= 4 is 35.0 Å². The second-order valence-corrected chi connectivity index (χ2v) is 7.39. The first-order valence-electron chi connectivity index (χ1n) is 8.80. The van der Waals surface area contributed by atoms with E-state index < -0.39 is 0 Å². The number of thioether (sulfide) groups is 1. The molecule has 2 amide bonds. The van der Waals surface area contributed by atoms with E-state index >= 15 is 0 Å². The van der Waals surface area contributed by atoms with Crippen LogP contribution in [-0.2, 0) is 4.79 Å². The average molecular weight is 385 g/mol. The van der Waals surface area contributed by atoms with Crippen LogP contribution in [0.5, 0.6) is 5.75 Å². The summed E-state index contributed by atoms with van der Waals surface area (Å²) < 4.78 is 5.10. The van der Waals surface area contributed by atoms with Gasteiger partial charge in [-0.25, -0.2) is 0 Å². The Bertz CT molecular complexity index is 772. The van der Waals surface area contributed by atoms with Crippen molar-refractivity contribution in [2.75, 3.05) is 35.8 Å². The lowest BCUT2D eigenvalue weighted by Gasteiger charge is -2.22. The van der Waals surface area contributed by atoms with Gasteiger partial charge in [0, 0.05) is 47.5 Å². The summed E-state index contributed by atoms with van der Waals surface area (Å²) in [6.07, 6.45) is 0.451. The molecule has 0 bridgehead atoms. The molecule has 0 saturated carbocycles. The number of rotatable bonds is 6. The molecule has 142 valence electrons. The van der Waals surface area contributed by atoms with Crippen molar-refractivity contribution in [1.29, 1.82) is 0 Å². The Kier molecular flexibility index (Phi) is 6.73. The molecule has 6 nitrogen and oxygen atoms in total. The first kappa shape index (κ1) is 19.3. The number of carbonyl (C=O) groups excluding carboxylic acids is 2. The molecule has 1 atom stereocenters. The molecule has 1 saturated heterocycles. The maximum atomic E-state index is 12.3. The van der Waals surface area contributed by atoms with Gasteiger partial charge in [-0.05, 0) is 48.5 Å². The van der Waals surface area contributed by atoms with Crippen LogP contribution in [0.4, 0.5) is 11.4 Å². The summed E-state index contributed by atoms with van der Waals surface area (Å²) in [6, 6.07) is 14.2. The Hall–Kier alpha value is -2.51. The number of ether oxygens (including phenoxy) is 1. The first-order chi connectivity index (χ1) is 13.1. The van der Waals surface area contributed by atoms with E-state index in [1.165, 1.54) is 0 Å². The average Bonchev–Trinajstić information content (AvgIpc) is 2.70. The van der Waals surface area contributed by atoms with Gasteiger partial charge in [0.25, 0.3) is 5.91 Å². The lowest BCUT2D eigenvalue weighted by atomic mass is 10.1. The Labute approximate surface area is 163 Å². The molecule has 2 aromatic carbocycles. The highest BCUT2D eigenvalue weighted by molar-refractivity contribution is 7.99. The maximum Gasteiger partial charge on any atom is 0.255 e. The molecule has 0 spiro atoms. The number of carbonyl (C=O) groups is 2. The van der Waals surface area contributed by atoms with Crippen molar-refractivity contribution in [2.24, 2.45) is 0 Å². The molecule has 1 fully saturated rings. The Morgan fingerprint density at radius 1 is 1.07 bits per heavy atom. The minimum Gasteiger partial charge on any atom is -0.497 e. The SMILES string of the molecule is COc1ccc(NC(=O)c2ccc(NC(=O)CC3CSCCN3)cc2)cc1. The third kappa shape index (κ3) is 5.74. The standard InChI is InChI=1S/C20H23N3O3S/c1-26-18-8-6-16(7-9-18)23-20(25)14-2-4-15(5-3-14)22-19(24)12-17-13-27-11-10-21-17/h2-9,17,21H,10-13H2,1H3,(H,22,24)(H,23,25). The second kappa shape index (κ2) is 9.43. The van der Waals surface area contributed by atoms with E-state index in [9.17, 15) is 9.59 Å². The van der Waals surface area contributed by atoms with E-state index in [0.29, 0.717) is 23.4 Å². The predicted molar refractivity (Wildman–Crippen MR) is 110 cm³/mol. The lowest BCUT2D eigenvalue weighted by molar-refractivity contribution is -0.116. The third-order valence-electron chi connectivity index (χ3n) is 4.21. The van der Waals surface area contributed by atoms with Gasteiger partial charge in [0.05, 0.1) is 7.11 Å². The highest BCUT2D eigenvalue weighted by Crippen LogP contribution is 2.17. The third-order valence-corrected chi connectivity index (χ3v) is 5.34. The Morgan fingerprint density at radius 2 is 1.74 bits per heavy atom. The van der Waals surface area contributed by atoms with E-state index in [4.69, 9.17) is 4.74 Å². The largest absolute Gasteiger partial charge is 0.497 e. The van der Waals surface area contributed by atoms with Crippen LogP contribution >= 0.6 is 11.8 Å². The maximum absolute atomic E-state index is 12.3. The quantitative estimate of drug-likeness (QED) is 0.712. The number of anilines is 2. The van der Waals surface area contributed by atoms with Crippen molar-refractivity contribution in [3.8, 4) is 5.75 Å². The van der Waals surface area contributed by atoms with Crippen LogP contribution in [0.3, 0.4) is 0 Å². The molecular formula is C20H23N3O3S. The minimum absolute atomic E-state index is 0.0227. The van der Waals surface area contributed by atoms with Gasteiger partial charge in [0.1, 0.15) is 5.75 Å². The summed E-state index contributed by atoms with van der Waals surface area (Å²) in [4.78, 5) is 24.5. The number of hydrogen-bond donors (Lipinski definition) is 3. The molecular weight excluding hydrogens is 362 g/mol. The monoisotopic (exact) mass is 385 g/mol. The van der Waals surface area contributed by atoms with Gasteiger partial charge in [0.15, 0.2) is 0 Å². The molecule has 1 unspecified atom stereocenters. The molecule has 1 aliphatic rings. The van der Waals surface area contributed by atoms with Crippen molar-refractivity contribution in [2.45, 2.75) is 12.5 Å². The molecule has 2 aromatic rings. The number of benzene rings is 2. The summed E-state index contributed by atoms with van der Waals surface area (Å²) in [6.45, 7) is 0.945. The van der Waals surface area contributed by atoms with Crippen molar-refractivity contribution in [3.63, 3.8) is 0 Å². The number of amides is 2. The molecule has 1 heterocycles. The highest BCUT2D eigenvalue weighted by Gasteiger charge is 2.16. The highest BCUT2D eigenvalue weighted by atomic mass is 32.2. The molecule has 0 radical (unpaired) electrons. The van der Waals surface area contributed by atoms with Crippen LogP contribution in [0.25, 0.3) is 0 Å². The molecule has 3 N–H and O–H groups in total. The van der Waals surface area contributed by atoms with E-state index in [0.717, 1.165) is 23.8 Å². The summed E-state index contributed by atoms with van der Waals surface area (Å²) >= 11 is 1.87. The van der Waals surface area contributed by atoms with Gasteiger partial charge in [0.2, 0.25) is 5.91 Å². The summed E-state index contributed by atoms with van der Waals surface area (Å²) in [7, 11) is 1.60. The fourth-order valence-corrected chi connectivity index (χ4v) is 3.72. The molecule has 27 heavy (non-hydrogen) atoms. The summed E-state index contributed by atoms with van der Waals surface area (Å²) in [5.74, 6) is 2.55. The topological polar surface area (TPSA) is 79.5 Å². The van der Waals surface area contributed by atoms with Crippen molar-refractivity contribution in [1.82, 2.24) is 5.32 Å². The number of hydrogen-bond acceptors (Lipinski definition) is 5. The molecule has 0 aliphatic carbocycles. The van der Waals surface area contributed by atoms with Crippen molar-refractivity contribution in [3.05, 3.63) is 54.1 Å². The fourth-order valence-electron chi connectivity index (χ4n) is 2.77. The first-order valence-corrected chi connectivity index (χ1v) is 9.96. The van der Waals surface area contributed by atoms with Crippen LogP contribution in [0.2, 0.25) is 0 Å². The van der Waals surface area contributed by atoms with E-state index in [1.807, 2.05) is 11.8 Å². The van der Waals surface area contributed by atoms with E-state index in [1.54, 1.807) is 55.6 Å². The second-order valence-electron chi connectivity index (χ2n) is 6.24. The van der Waals surface area contributed by atoms with Crippen molar-refractivity contribution < 1.29 is 14.3 Å². The number of methoxy groups -OCH3 is 1. The molecule has 0 aromatic heterocycles. The van der Waals surface area contributed by atoms with Crippen LogP contribution in [-0.4, -0.2) is 43.0 Å². The van der Waals surface area contributed by atoms with Gasteiger partial charge in [-0.1, -0.05) is 0 Å². The van der Waals surface area contributed by atoms with Gasteiger partial charge in [-0.3, -0.25) is 9.59 Å². The molecule has 3 rings (SSSR count). The zero-order valence-corrected chi connectivity index (χ0v) is 16.0. The lowest BCUT2D eigenvalue weighted by Crippen LogP contribution is -2.39. The van der Waals surface area contributed by atoms with Gasteiger partial charge in [-0.2, -0.15) is 11.8 Å². The van der Waals surface area contributed by atoms with Gasteiger partial charge in [-0.15, -0.1) is 0 Å².